The Bertz CT molecular complexity index is 688. The van der Waals surface area contributed by atoms with Crippen LogP contribution in [0.3, 0.4) is 0 Å². The zero-order chi connectivity index (χ0) is 11.0. The fourth-order valence-corrected chi connectivity index (χ4v) is 2.55. The SMILES string of the molecule is O=[PH+]c1cccc2cc3ccccc3cc12. The van der Waals surface area contributed by atoms with E-state index in [0.717, 1.165) is 16.1 Å². The van der Waals surface area contributed by atoms with E-state index in [-0.39, 0.29) is 0 Å². The summed E-state index contributed by atoms with van der Waals surface area (Å²) in [6, 6.07) is 18.4. The van der Waals surface area contributed by atoms with Crippen LogP contribution in [-0.4, -0.2) is 0 Å². The van der Waals surface area contributed by atoms with Crippen molar-refractivity contribution in [3.63, 3.8) is 0 Å². The molecule has 76 valence electrons. The van der Waals surface area contributed by atoms with Crippen LogP contribution in [0.4, 0.5) is 0 Å². The Morgan fingerprint density at radius 1 is 0.750 bits per heavy atom. The lowest BCUT2D eigenvalue weighted by atomic mass is 10.0. The molecule has 16 heavy (non-hydrogen) atoms. The van der Waals surface area contributed by atoms with E-state index in [0.29, 0.717) is 0 Å². The summed E-state index contributed by atoms with van der Waals surface area (Å²) in [4.78, 5) is 0. The molecule has 3 aromatic rings. The smallest absolute Gasteiger partial charge is 0.0707 e. The molecule has 0 fully saturated rings. The van der Waals surface area contributed by atoms with Crippen LogP contribution < -0.4 is 5.30 Å². The third-order valence-electron chi connectivity index (χ3n) is 2.86. The van der Waals surface area contributed by atoms with E-state index >= 15 is 0 Å². The Morgan fingerprint density at radius 3 is 2.19 bits per heavy atom. The standard InChI is InChI=1S/C14H9OP/c15-16-14-7-3-6-12-8-10-4-1-2-5-11(10)9-13(12)14/h1-9H/p+1. The van der Waals surface area contributed by atoms with Crippen molar-refractivity contribution >= 4 is 35.3 Å². The first kappa shape index (κ1) is 9.50. The third-order valence-corrected chi connectivity index (χ3v) is 3.51. The van der Waals surface area contributed by atoms with Gasteiger partial charge in [-0.3, -0.25) is 0 Å². The van der Waals surface area contributed by atoms with Crippen molar-refractivity contribution in [1.29, 1.82) is 0 Å². The summed E-state index contributed by atoms with van der Waals surface area (Å²) in [5.74, 6) is 0. The average molecular weight is 225 g/mol. The second-order valence-electron chi connectivity index (χ2n) is 3.83. The monoisotopic (exact) mass is 225 g/mol. The minimum atomic E-state index is -0.395. The van der Waals surface area contributed by atoms with E-state index in [9.17, 15) is 4.57 Å². The van der Waals surface area contributed by atoms with Crippen LogP contribution in [0.25, 0.3) is 21.5 Å². The molecule has 0 heterocycles. The first-order chi connectivity index (χ1) is 7.88. The molecule has 1 unspecified atom stereocenters. The van der Waals surface area contributed by atoms with Crippen molar-refractivity contribution in [3.8, 4) is 0 Å². The van der Waals surface area contributed by atoms with Crippen LogP contribution in [-0.2, 0) is 4.57 Å². The summed E-state index contributed by atoms with van der Waals surface area (Å²) in [7, 11) is -0.395. The Balaban J connectivity index is 2.51. The lowest BCUT2D eigenvalue weighted by Gasteiger charge is -2.01. The Kier molecular flexibility index (Phi) is 2.19. The molecule has 0 bridgehead atoms. The van der Waals surface area contributed by atoms with Crippen LogP contribution in [0.2, 0.25) is 0 Å². The maximum Gasteiger partial charge on any atom is 0.363 e. The highest BCUT2D eigenvalue weighted by molar-refractivity contribution is 7.34. The number of hydrogen-bond donors (Lipinski definition) is 0. The minimum absolute atomic E-state index is 0.395. The molecule has 3 aromatic carbocycles. The second-order valence-corrected chi connectivity index (χ2v) is 4.57. The highest BCUT2D eigenvalue weighted by atomic mass is 31.1. The number of fused-ring (bicyclic) bond motifs is 2. The molecule has 0 N–H and O–H groups in total. The Labute approximate surface area is 94.9 Å². The minimum Gasteiger partial charge on any atom is -0.0707 e. The van der Waals surface area contributed by atoms with E-state index in [1.165, 1.54) is 10.8 Å². The van der Waals surface area contributed by atoms with Crippen molar-refractivity contribution in [2.45, 2.75) is 0 Å². The number of hydrogen-bond acceptors (Lipinski definition) is 1. The summed E-state index contributed by atoms with van der Waals surface area (Å²) in [6.07, 6.45) is 0. The summed E-state index contributed by atoms with van der Waals surface area (Å²) < 4.78 is 11.1. The number of benzene rings is 3. The van der Waals surface area contributed by atoms with Crippen molar-refractivity contribution < 1.29 is 4.57 Å². The highest BCUT2D eigenvalue weighted by Gasteiger charge is 2.07. The van der Waals surface area contributed by atoms with Gasteiger partial charge in [0.1, 0.15) is 0 Å². The highest BCUT2D eigenvalue weighted by Crippen LogP contribution is 2.22. The summed E-state index contributed by atoms with van der Waals surface area (Å²) in [6.45, 7) is 0. The predicted molar refractivity (Wildman–Crippen MR) is 70.1 cm³/mol. The fraction of sp³-hybridized carbons (Fsp3) is 0. The number of rotatable bonds is 1. The van der Waals surface area contributed by atoms with Crippen molar-refractivity contribution in [1.82, 2.24) is 0 Å². The molecule has 0 aromatic heterocycles. The topological polar surface area (TPSA) is 17.1 Å². The van der Waals surface area contributed by atoms with Crippen LogP contribution >= 0.6 is 8.46 Å². The van der Waals surface area contributed by atoms with Crippen LogP contribution in [0.5, 0.6) is 0 Å². The van der Waals surface area contributed by atoms with Gasteiger partial charge in [-0.05, 0) is 34.4 Å². The molecule has 0 aliphatic carbocycles. The maximum atomic E-state index is 11.1. The lowest BCUT2D eigenvalue weighted by molar-refractivity contribution is 0.603. The van der Waals surface area contributed by atoms with E-state index < -0.39 is 8.46 Å². The summed E-state index contributed by atoms with van der Waals surface area (Å²) >= 11 is 0. The molecule has 1 nitrogen and oxygen atoms in total. The van der Waals surface area contributed by atoms with Gasteiger partial charge in [0.05, 0.1) is 0 Å². The zero-order valence-corrected chi connectivity index (χ0v) is 9.60. The van der Waals surface area contributed by atoms with Gasteiger partial charge in [-0.15, -0.1) is 0 Å². The van der Waals surface area contributed by atoms with Crippen LogP contribution in [0.15, 0.2) is 54.6 Å². The summed E-state index contributed by atoms with van der Waals surface area (Å²) in [5.41, 5.74) is 0. The summed E-state index contributed by atoms with van der Waals surface area (Å²) in [5, 5.41) is 5.57. The molecule has 0 saturated carbocycles. The van der Waals surface area contributed by atoms with Crippen LogP contribution in [0.1, 0.15) is 0 Å². The maximum absolute atomic E-state index is 11.1. The van der Waals surface area contributed by atoms with Gasteiger partial charge in [0.25, 0.3) is 0 Å². The van der Waals surface area contributed by atoms with Gasteiger partial charge in [-0.25, -0.2) is 0 Å². The molecule has 2 heteroatoms. The lowest BCUT2D eigenvalue weighted by Crippen LogP contribution is -1.92. The normalized spacial score (nSPS) is 11.2. The fourth-order valence-electron chi connectivity index (χ4n) is 2.06. The second kappa shape index (κ2) is 3.70. The molecule has 0 aliphatic heterocycles. The molecular formula is C14H10OP+. The molecule has 0 saturated heterocycles. The Hall–Kier alpha value is -1.72. The van der Waals surface area contributed by atoms with Gasteiger partial charge in [0.2, 0.25) is 0 Å². The largest absolute Gasteiger partial charge is 0.363 e. The molecule has 0 spiro atoms. The van der Waals surface area contributed by atoms with E-state index in [2.05, 4.69) is 30.3 Å². The first-order valence-corrected chi connectivity index (χ1v) is 6.09. The van der Waals surface area contributed by atoms with E-state index in [1.807, 2.05) is 24.3 Å². The Morgan fingerprint density at radius 2 is 1.44 bits per heavy atom. The average Bonchev–Trinajstić information content (AvgIpc) is 2.35. The van der Waals surface area contributed by atoms with Gasteiger partial charge in [-0.1, -0.05) is 41.0 Å². The van der Waals surface area contributed by atoms with Gasteiger partial charge in [-0.2, -0.15) is 0 Å². The first-order valence-electron chi connectivity index (χ1n) is 5.18. The van der Waals surface area contributed by atoms with Crippen molar-refractivity contribution in [2.75, 3.05) is 0 Å². The molecular weight excluding hydrogens is 215 g/mol. The van der Waals surface area contributed by atoms with E-state index in [1.54, 1.807) is 0 Å². The quantitative estimate of drug-likeness (QED) is 0.456. The van der Waals surface area contributed by atoms with Gasteiger partial charge < -0.3 is 0 Å². The predicted octanol–water partition coefficient (Wildman–Crippen LogP) is 3.64. The molecule has 0 aliphatic rings. The zero-order valence-electron chi connectivity index (χ0n) is 8.60. The van der Waals surface area contributed by atoms with Crippen LogP contribution in [0, 0.1) is 0 Å². The van der Waals surface area contributed by atoms with Crippen molar-refractivity contribution in [3.05, 3.63) is 54.6 Å². The van der Waals surface area contributed by atoms with Gasteiger partial charge in [0, 0.05) is 5.39 Å². The molecule has 1 atom stereocenters. The third kappa shape index (κ3) is 1.41. The molecule has 0 amide bonds. The van der Waals surface area contributed by atoms with Crippen molar-refractivity contribution in [2.24, 2.45) is 0 Å². The van der Waals surface area contributed by atoms with Gasteiger partial charge in [0.15, 0.2) is 5.30 Å². The van der Waals surface area contributed by atoms with E-state index in [4.69, 9.17) is 0 Å². The molecule has 0 radical (unpaired) electrons. The van der Waals surface area contributed by atoms with Gasteiger partial charge >= 0.3 is 8.46 Å². The molecule has 3 rings (SSSR count).